The first-order chi connectivity index (χ1) is 69.9. The van der Waals surface area contributed by atoms with E-state index < -0.39 is 155 Å². The molecule has 2 aliphatic rings. The third kappa shape index (κ3) is 40.5. The maximum absolute atomic E-state index is 15.5. The number of phenols is 1. The SMILES string of the molecule is CN[C@@H](C)C(=O)N[C@H](C)C(C)N[C@@H](Cc1c[nH]c2ccc(F)cc12)C(=O)N[C@@H](Cc1c[nH]c2ccc(F)cc12)C(=O)[C@@H]1CCCN1C(=O)N[C@H](C(=O)N[C@@H](Cc1ccc(O)cc1)C(=O)N1CCC[C@@]1(C)C(=O)N[C@@H](CSCc1cccc(CSC[C@H](C=O)NC(=O)COCCOCCNC(=O)[C@H](CCCCNC(=O)COCCOCCNC(=O)COCCOCCNC(=O)CCCC(=O)O)NC(C)=O)c1)C(N)=O)[C@@H](C)O. The van der Waals surface area contributed by atoms with Crippen molar-refractivity contribution in [3.8, 4) is 5.75 Å². The van der Waals surface area contributed by atoms with E-state index in [1.54, 1.807) is 46.3 Å². The van der Waals surface area contributed by atoms with Gasteiger partial charge in [-0.05, 0) is 176 Å². The van der Waals surface area contributed by atoms with Crippen LogP contribution in [0.2, 0.25) is 0 Å². The number of aliphatic hydroxyl groups is 1. The van der Waals surface area contributed by atoms with Crippen molar-refractivity contribution in [2.45, 2.75) is 215 Å². The molecule has 6 aromatic rings. The minimum atomic E-state index is -1.80. The molecule has 13 atom stereocenters. The van der Waals surface area contributed by atoms with E-state index in [4.69, 9.17) is 39.3 Å². The van der Waals surface area contributed by atoms with Crippen molar-refractivity contribution in [2.24, 2.45) is 5.73 Å². The lowest BCUT2D eigenvalue weighted by molar-refractivity contribution is -0.147. The zero-order valence-corrected chi connectivity index (χ0v) is 85.0. The quantitative estimate of drug-likeness (QED) is 0.0189. The summed E-state index contributed by atoms with van der Waals surface area (Å²) < 4.78 is 62.2. The van der Waals surface area contributed by atoms with Crippen LogP contribution in [0.3, 0.4) is 0 Å². The number of aliphatic carboxylic acids is 1. The molecule has 14 amide bonds. The molecule has 802 valence electrons. The molecule has 0 aliphatic carbocycles. The molecule has 2 aliphatic heterocycles. The topological polar surface area (TPSA) is 610 Å². The average Bonchev–Trinajstić information content (AvgIpc) is 1.61. The smallest absolute Gasteiger partial charge is 0.318 e. The number of H-pyrrole nitrogens is 2. The normalized spacial score (nSPS) is 16.2. The highest BCUT2D eigenvalue weighted by Gasteiger charge is 2.49. The average molecular weight is 2080 g/mol. The number of ether oxygens (including phenoxy) is 6. The molecule has 4 aromatic carbocycles. The summed E-state index contributed by atoms with van der Waals surface area (Å²) in [7, 11) is 1.63. The lowest BCUT2D eigenvalue weighted by atomic mass is 9.95. The number of nitrogens with one attached hydrogen (secondary N) is 15. The minimum Gasteiger partial charge on any atom is -0.508 e. The van der Waals surface area contributed by atoms with Crippen LogP contribution in [0.5, 0.6) is 5.75 Å². The molecule has 146 heavy (non-hydrogen) atoms. The zero-order chi connectivity index (χ0) is 106. The molecule has 2 aromatic heterocycles. The number of nitrogens with two attached hydrogens (primary N) is 1. The number of halogens is 2. The van der Waals surface area contributed by atoms with Gasteiger partial charge in [-0.25, -0.2) is 13.6 Å². The number of urea groups is 1. The molecule has 0 saturated carbocycles. The first-order valence-electron chi connectivity index (χ1n) is 48.8. The fraction of sp³-hybridized carbons (Fsp3) is 0.556. The lowest BCUT2D eigenvalue weighted by Crippen LogP contribution is -2.64. The Kier molecular flexibility index (Phi) is 51.0. The Morgan fingerprint density at radius 1 is 0.548 bits per heavy atom. The van der Waals surface area contributed by atoms with E-state index >= 15 is 18.8 Å². The highest BCUT2D eigenvalue weighted by atomic mass is 32.2. The number of nitrogens with zero attached hydrogens (tertiary/aromatic N) is 2. The van der Waals surface area contributed by atoms with Crippen molar-refractivity contribution < 1.29 is 129 Å². The van der Waals surface area contributed by atoms with E-state index in [-0.39, 0.29) is 217 Å². The molecule has 43 nitrogen and oxygen atoms in total. The number of primary amides is 1. The Morgan fingerprint density at radius 3 is 1.68 bits per heavy atom. The highest BCUT2D eigenvalue weighted by molar-refractivity contribution is 7.98. The van der Waals surface area contributed by atoms with Crippen LogP contribution in [0, 0.1) is 11.6 Å². The van der Waals surface area contributed by atoms with E-state index in [0.29, 0.717) is 82.1 Å². The number of hydrogen-bond donors (Lipinski definition) is 19. The molecule has 0 spiro atoms. The summed E-state index contributed by atoms with van der Waals surface area (Å²) >= 11 is 2.68. The number of carbonyl (C=O) groups is 16. The number of carboxylic acid groups (broad SMARTS) is 1. The Morgan fingerprint density at radius 2 is 1.11 bits per heavy atom. The Hall–Kier alpha value is -12.3. The van der Waals surface area contributed by atoms with E-state index in [9.17, 15) is 76.9 Å². The van der Waals surface area contributed by atoms with Crippen LogP contribution in [-0.2, 0) is 131 Å². The first kappa shape index (κ1) is 119. The largest absolute Gasteiger partial charge is 0.508 e. The molecule has 0 radical (unpaired) electrons. The predicted molar refractivity (Wildman–Crippen MR) is 538 cm³/mol. The molecule has 20 N–H and O–H groups in total. The number of carboxylic acids is 1. The highest BCUT2D eigenvalue weighted by Crippen LogP contribution is 2.33. The van der Waals surface area contributed by atoms with Crippen LogP contribution in [-0.4, -0.2) is 345 Å². The Bertz CT molecular complexity index is 5320. The van der Waals surface area contributed by atoms with Gasteiger partial charge in [-0.15, -0.1) is 0 Å². The molecule has 1 unspecified atom stereocenters. The Balaban J connectivity index is 0.742. The van der Waals surface area contributed by atoms with Crippen LogP contribution < -0.4 is 74.9 Å². The molecular formula is C99H140F2N18O25S2. The van der Waals surface area contributed by atoms with Crippen molar-refractivity contribution >= 4 is 140 Å². The summed E-state index contributed by atoms with van der Waals surface area (Å²) in [6, 6.07) is 8.72. The van der Waals surface area contributed by atoms with Crippen LogP contribution in [0.25, 0.3) is 21.8 Å². The van der Waals surface area contributed by atoms with E-state index in [0.717, 1.165) is 11.1 Å². The fourth-order valence-corrected chi connectivity index (χ4v) is 18.2. The van der Waals surface area contributed by atoms with Gasteiger partial charge < -0.3 is 143 Å². The molecule has 47 heteroatoms. The number of likely N-dealkylation sites (N-methyl/N-ethyl adjacent to an activating group) is 1. The molecule has 4 heterocycles. The van der Waals surface area contributed by atoms with Crippen molar-refractivity contribution in [3.05, 3.63) is 137 Å². The third-order valence-corrected chi connectivity index (χ3v) is 26.7. The van der Waals surface area contributed by atoms with Crippen molar-refractivity contribution in [3.63, 3.8) is 0 Å². The summed E-state index contributed by atoms with van der Waals surface area (Å²) in [5, 5.41) is 67.4. The van der Waals surface area contributed by atoms with Crippen molar-refractivity contribution in [2.75, 3.05) is 137 Å². The zero-order valence-electron chi connectivity index (χ0n) is 83.4. The van der Waals surface area contributed by atoms with E-state index in [1.165, 1.54) is 109 Å². The number of rotatable bonds is 69. The van der Waals surface area contributed by atoms with Crippen LogP contribution in [0.4, 0.5) is 13.6 Å². The number of unbranched alkanes of at least 4 members (excludes halogenated alkanes) is 1. The van der Waals surface area contributed by atoms with E-state index in [2.05, 4.69) is 79.1 Å². The monoisotopic (exact) mass is 2080 g/mol. The molecular weight excluding hydrogens is 1940 g/mol. The van der Waals surface area contributed by atoms with Gasteiger partial charge in [0, 0.05) is 141 Å². The van der Waals surface area contributed by atoms with Gasteiger partial charge in [-0.2, -0.15) is 23.5 Å². The summed E-state index contributed by atoms with van der Waals surface area (Å²) in [4.78, 5) is 222. The number of likely N-dealkylation sites (tertiary alicyclic amines) is 2. The van der Waals surface area contributed by atoms with Crippen molar-refractivity contribution in [1.82, 2.24) is 88.9 Å². The number of thioether (sulfide) groups is 2. The van der Waals surface area contributed by atoms with Gasteiger partial charge in [0.15, 0.2) is 5.78 Å². The lowest BCUT2D eigenvalue weighted by Gasteiger charge is -2.37. The molecule has 0 bridgehead atoms. The standard InChI is InChI=1S/C99H140F2N18O25S2/c1-60(61(2)111-92(132)62(3)103-7)110-80(47-69-51-109-77-27-23-71(101)49-75(69)77)94(134)114-79(46-68-50-108-76-26-22-70(100)48-74(68)76)90(130)83-17-12-33-118(83)98(138)117-89(63(4)121)95(135)115-81(45-65-20-24-73(123)25-21-65)96(136)119-34-13-28-99(119,6)97(137)116-82(91(102)131)59-146-57-67-15-10-14-66(44-67)56-145-58-72(52-120)113-87(127)55-144-43-40-141-37-32-107-93(133)78(112-64(5)122)16-8-9-29-104-85(125)53-142-41-39-140-36-31-106-86(126)54-143-42-38-139-35-30-105-84(124)18-11-19-88(128)129/h10,14-15,20-27,44,48-52,60-63,72,78-83,89,103,108-110,121,123H,8-9,11-13,16-19,28-43,45-47,53-59H2,1-7H3,(H2,102,131)(H,104,125)(H,105,124)(H,106,126)(H,107,133)(H,111,132)(H,112,122)(H,113,127)(H,114,134)(H,115,135)(H,116,137)(H,117,138)(H,128,129)/t60?,61-,62+,63-,72+,78+,79+,80+,81+,82+,83+,89+,99+/m1/s1. The number of Topliss-reactive ketones (excluding diaryl/α,β-unsaturated/α-hetero) is 1. The van der Waals surface area contributed by atoms with E-state index in [1.807, 2.05) is 24.3 Å². The minimum absolute atomic E-state index is 0.00412. The molecule has 2 saturated heterocycles. The van der Waals surface area contributed by atoms with Gasteiger partial charge in [-0.3, -0.25) is 67.1 Å². The number of aromatic nitrogens is 2. The number of aliphatic hydroxyl groups excluding tert-OH is 1. The van der Waals surface area contributed by atoms with Gasteiger partial charge >= 0.3 is 12.0 Å². The van der Waals surface area contributed by atoms with Crippen LogP contribution in [0.1, 0.15) is 134 Å². The van der Waals surface area contributed by atoms with Gasteiger partial charge in [0.1, 0.15) is 73.2 Å². The number of ketones is 1. The summed E-state index contributed by atoms with van der Waals surface area (Å²) in [6.45, 7) is 10.5. The number of amides is 14. The predicted octanol–water partition coefficient (Wildman–Crippen LogP) is 1.28. The number of carbonyl (C=O) groups excluding carboxylic acids is 15. The fourth-order valence-electron chi connectivity index (χ4n) is 16.2. The van der Waals surface area contributed by atoms with Crippen molar-refractivity contribution in [1.29, 1.82) is 0 Å². The summed E-state index contributed by atoms with van der Waals surface area (Å²) in [5.41, 5.74) is 8.56. The van der Waals surface area contributed by atoms with Gasteiger partial charge in [0.2, 0.25) is 70.9 Å². The molecule has 8 rings (SSSR count). The number of aldehydes is 1. The second kappa shape index (κ2) is 62.6. The van der Waals surface area contributed by atoms with Crippen LogP contribution in [0.15, 0.2) is 97.3 Å². The summed E-state index contributed by atoms with van der Waals surface area (Å²) in [5.74, 6) is -8.55. The number of phenolic OH excluding ortho intramolecular Hbond substituents is 1. The second-order valence-electron chi connectivity index (χ2n) is 35.9. The number of hydrogen-bond acceptors (Lipinski definition) is 28. The third-order valence-electron chi connectivity index (χ3n) is 24.5. The Labute approximate surface area is 854 Å². The van der Waals surface area contributed by atoms with Gasteiger partial charge in [0.05, 0.1) is 95.8 Å². The number of benzene rings is 4. The summed E-state index contributed by atoms with van der Waals surface area (Å²) in [6.07, 6.45) is 3.98. The maximum atomic E-state index is 15.5. The van der Waals surface area contributed by atoms with Gasteiger partial charge in [0.25, 0.3) is 0 Å². The van der Waals surface area contributed by atoms with Gasteiger partial charge in [-0.1, -0.05) is 36.4 Å². The number of fused-ring (bicyclic) bond motifs is 2. The number of aromatic hydroxyl groups is 1. The van der Waals surface area contributed by atoms with Crippen LogP contribution >= 0.6 is 23.5 Å². The maximum Gasteiger partial charge on any atom is 0.318 e. The number of aromatic amines is 2. The second-order valence-corrected chi connectivity index (χ2v) is 38.0. The molecule has 2 fully saturated rings. The first-order valence-corrected chi connectivity index (χ1v) is 51.1.